The summed E-state index contributed by atoms with van der Waals surface area (Å²) in [4.78, 5) is 4.06. The van der Waals surface area contributed by atoms with Crippen molar-refractivity contribution in [2.75, 3.05) is 0 Å². The second-order valence-electron chi connectivity index (χ2n) is 3.82. The number of rotatable bonds is 2. The first-order chi connectivity index (χ1) is 8.09. The Balaban J connectivity index is 2.44. The van der Waals surface area contributed by atoms with Crippen LogP contribution in [0.1, 0.15) is 19.7 Å². The molecule has 5 heteroatoms. The van der Waals surface area contributed by atoms with Gasteiger partial charge in [0.05, 0.1) is 11.3 Å². The number of nitrogens with two attached hydrogens (primary N) is 1. The van der Waals surface area contributed by atoms with Crippen molar-refractivity contribution in [1.82, 2.24) is 10.1 Å². The molecule has 2 rings (SSSR count). The summed E-state index contributed by atoms with van der Waals surface area (Å²) in [6, 6.07) is 6.24. The summed E-state index contributed by atoms with van der Waals surface area (Å²) in [5.41, 5.74) is 7.34. The highest BCUT2D eigenvalue weighted by atomic mass is 19.1. The number of hydrogen-bond donors (Lipinski definition) is 1. The van der Waals surface area contributed by atoms with Gasteiger partial charge in [0.2, 0.25) is 5.82 Å². The van der Waals surface area contributed by atoms with E-state index in [2.05, 4.69) is 10.1 Å². The Labute approximate surface area is 97.9 Å². The molecule has 17 heavy (non-hydrogen) atoms. The number of hydrogen-bond acceptors (Lipinski definition) is 4. The average molecular weight is 233 g/mol. The van der Waals surface area contributed by atoms with Crippen LogP contribution in [0.4, 0.5) is 4.39 Å². The number of halogens is 1. The van der Waals surface area contributed by atoms with Crippen LogP contribution in [0, 0.1) is 5.82 Å². The third-order valence-corrected chi connectivity index (χ3v) is 2.31. The summed E-state index contributed by atoms with van der Waals surface area (Å²) in [6.07, 6.45) is 0. The van der Waals surface area contributed by atoms with E-state index in [1.807, 2.05) is 13.8 Å². The van der Waals surface area contributed by atoms with Crippen LogP contribution in [0.25, 0.3) is 17.1 Å². The molecule has 0 saturated heterocycles. The molecule has 0 amide bonds. The van der Waals surface area contributed by atoms with Crippen molar-refractivity contribution in [3.63, 3.8) is 0 Å². The van der Waals surface area contributed by atoms with Crippen LogP contribution in [0.5, 0.6) is 0 Å². The maximum absolute atomic E-state index is 13.5. The third kappa shape index (κ3) is 2.18. The van der Waals surface area contributed by atoms with Crippen molar-refractivity contribution in [2.45, 2.75) is 13.8 Å². The van der Waals surface area contributed by atoms with E-state index in [9.17, 15) is 4.39 Å². The minimum atomic E-state index is -0.393. The normalized spacial score (nSPS) is 10.3. The first-order valence-electron chi connectivity index (χ1n) is 5.11. The van der Waals surface area contributed by atoms with Gasteiger partial charge in [-0.1, -0.05) is 17.3 Å². The average Bonchev–Trinajstić information content (AvgIpc) is 2.77. The van der Waals surface area contributed by atoms with Crippen LogP contribution in [0.2, 0.25) is 0 Å². The molecular formula is C12H12FN3O. The third-order valence-electron chi connectivity index (χ3n) is 2.31. The highest BCUT2D eigenvalue weighted by Gasteiger charge is 2.13. The summed E-state index contributed by atoms with van der Waals surface area (Å²) in [5.74, 6) is 0.0150. The Morgan fingerprint density at radius 3 is 2.65 bits per heavy atom. The van der Waals surface area contributed by atoms with E-state index >= 15 is 0 Å². The summed E-state index contributed by atoms with van der Waals surface area (Å²) in [7, 11) is 0. The summed E-state index contributed by atoms with van der Waals surface area (Å²) in [6.45, 7) is 3.67. The largest absolute Gasteiger partial charge is 0.394 e. The fraction of sp³-hybridized carbons (Fsp3) is 0.167. The molecule has 2 N–H and O–H groups in total. The maximum Gasteiger partial charge on any atom is 0.274 e. The van der Waals surface area contributed by atoms with E-state index in [4.69, 9.17) is 10.3 Å². The zero-order chi connectivity index (χ0) is 12.4. The summed E-state index contributed by atoms with van der Waals surface area (Å²) >= 11 is 0. The quantitative estimate of drug-likeness (QED) is 0.865. The topological polar surface area (TPSA) is 64.9 Å². The molecule has 0 unspecified atom stereocenters. The Hall–Kier alpha value is -2.17. The molecule has 0 saturated carbocycles. The maximum atomic E-state index is 13.5. The van der Waals surface area contributed by atoms with Crippen LogP contribution < -0.4 is 5.73 Å². The molecule has 0 fully saturated rings. The number of allylic oxidation sites excluding steroid dienone is 1. The van der Waals surface area contributed by atoms with Gasteiger partial charge in [-0.15, -0.1) is 0 Å². The van der Waals surface area contributed by atoms with Crippen molar-refractivity contribution >= 4 is 5.70 Å². The molecule has 0 bridgehead atoms. The predicted molar refractivity (Wildman–Crippen MR) is 62.1 cm³/mol. The van der Waals surface area contributed by atoms with Gasteiger partial charge in [0.15, 0.2) is 0 Å². The van der Waals surface area contributed by atoms with E-state index in [-0.39, 0.29) is 11.7 Å². The molecule has 1 heterocycles. The smallest absolute Gasteiger partial charge is 0.274 e. The molecule has 88 valence electrons. The minimum absolute atomic E-state index is 0.197. The summed E-state index contributed by atoms with van der Waals surface area (Å²) in [5, 5.41) is 3.71. The molecule has 1 aromatic carbocycles. The second-order valence-corrected chi connectivity index (χ2v) is 3.82. The van der Waals surface area contributed by atoms with Gasteiger partial charge >= 0.3 is 0 Å². The molecule has 0 aliphatic rings. The number of benzene rings is 1. The lowest BCUT2D eigenvalue weighted by Gasteiger charge is -1.96. The van der Waals surface area contributed by atoms with Crippen molar-refractivity contribution < 1.29 is 8.91 Å². The van der Waals surface area contributed by atoms with Crippen LogP contribution in [0.15, 0.2) is 34.4 Å². The molecule has 0 aliphatic carbocycles. The molecule has 0 aliphatic heterocycles. The highest BCUT2D eigenvalue weighted by Crippen LogP contribution is 2.21. The van der Waals surface area contributed by atoms with Crippen LogP contribution in [0.3, 0.4) is 0 Å². The fourth-order valence-corrected chi connectivity index (χ4v) is 1.30. The Morgan fingerprint density at radius 2 is 2.00 bits per heavy atom. The lowest BCUT2D eigenvalue weighted by Crippen LogP contribution is -1.98. The van der Waals surface area contributed by atoms with Gasteiger partial charge in [-0.3, -0.25) is 0 Å². The zero-order valence-electron chi connectivity index (χ0n) is 9.57. The van der Waals surface area contributed by atoms with Gasteiger partial charge < -0.3 is 10.3 Å². The Bertz CT molecular complexity index is 571. The lowest BCUT2D eigenvalue weighted by atomic mass is 10.2. The SMILES string of the molecule is CC(C)=C(N)c1nc(-c2ccccc2F)no1. The molecule has 1 aromatic heterocycles. The molecular weight excluding hydrogens is 221 g/mol. The van der Waals surface area contributed by atoms with E-state index in [0.29, 0.717) is 11.3 Å². The summed E-state index contributed by atoms with van der Waals surface area (Å²) < 4.78 is 18.5. The van der Waals surface area contributed by atoms with Crippen molar-refractivity contribution in [3.8, 4) is 11.4 Å². The van der Waals surface area contributed by atoms with Gasteiger partial charge in [0.25, 0.3) is 5.89 Å². The minimum Gasteiger partial charge on any atom is -0.394 e. The van der Waals surface area contributed by atoms with Crippen LogP contribution in [-0.2, 0) is 0 Å². The molecule has 2 aromatic rings. The van der Waals surface area contributed by atoms with Gasteiger partial charge in [-0.25, -0.2) is 4.39 Å². The van der Waals surface area contributed by atoms with E-state index < -0.39 is 5.82 Å². The van der Waals surface area contributed by atoms with Gasteiger partial charge in [-0.2, -0.15) is 4.98 Å². The highest BCUT2D eigenvalue weighted by molar-refractivity contribution is 5.61. The number of nitrogens with zero attached hydrogens (tertiary/aromatic N) is 2. The fourth-order valence-electron chi connectivity index (χ4n) is 1.30. The van der Waals surface area contributed by atoms with Crippen molar-refractivity contribution in [2.24, 2.45) is 5.73 Å². The number of aromatic nitrogens is 2. The van der Waals surface area contributed by atoms with Crippen LogP contribution in [-0.4, -0.2) is 10.1 Å². The molecule has 0 radical (unpaired) electrons. The monoisotopic (exact) mass is 233 g/mol. The van der Waals surface area contributed by atoms with Gasteiger partial charge in [0, 0.05) is 0 Å². The second kappa shape index (κ2) is 4.37. The first-order valence-corrected chi connectivity index (χ1v) is 5.11. The first kappa shape index (κ1) is 11.3. The molecule has 0 atom stereocenters. The van der Waals surface area contributed by atoms with Crippen molar-refractivity contribution in [1.29, 1.82) is 0 Å². The lowest BCUT2D eigenvalue weighted by molar-refractivity contribution is 0.407. The van der Waals surface area contributed by atoms with E-state index in [1.165, 1.54) is 6.07 Å². The van der Waals surface area contributed by atoms with E-state index in [0.717, 1.165) is 5.57 Å². The predicted octanol–water partition coefficient (Wildman–Crippen LogP) is 2.59. The van der Waals surface area contributed by atoms with Crippen molar-refractivity contribution in [3.05, 3.63) is 41.5 Å². The molecule has 4 nitrogen and oxygen atoms in total. The van der Waals surface area contributed by atoms with Gasteiger partial charge in [0.1, 0.15) is 5.82 Å². The van der Waals surface area contributed by atoms with Crippen LogP contribution >= 0.6 is 0 Å². The van der Waals surface area contributed by atoms with Gasteiger partial charge in [-0.05, 0) is 31.6 Å². The Kier molecular flexibility index (Phi) is 2.91. The van der Waals surface area contributed by atoms with E-state index in [1.54, 1.807) is 18.2 Å². The Morgan fingerprint density at radius 1 is 1.29 bits per heavy atom. The molecule has 0 spiro atoms. The standard InChI is InChI=1S/C12H12FN3O/c1-7(2)10(14)12-15-11(16-17-12)8-5-3-4-6-9(8)13/h3-6H,14H2,1-2H3. The zero-order valence-corrected chi connectivity index (χ0v) is 9.57.